The Morgan fingerprint density at radius 2 is 1.96 bits per heavy atom. The quantitative estimate of drug-likeness (QED) is 0.823. The summed E-state index contributed by atoms with van der Waals surface area (Å²) >= 11 is 1.73. The van der Waals surface area contributed by atoms with Crippen molar-refractivity contribution >= 4 is 33.3 Å². The number of nitrogens with zero attached hydrogens (tertiary/aromatic N) is 4. The molecule has 2 aliphatic rings. The van der Waals surface area contributed by atoms with Crippen molar-refractivity contribution in [3.05, 3.63) is 17.3 Å². The van der Waals surface area contributed by atoms with Crippen molar-refractivity contribution in [1.29, 1.82) is 0 Å². The number of carbonyl (C=O) groups excluding carboxylic acids is 1. The first kappa shape index (κ1) is 16.8. The summed E-state index contributed by atoms with van der Waals surface area (Å²) < 4.78 is 1.20. The molecule has 134 valence electrons. The predicted octanol–water partition coefficient (Wildman–Crippen LogP) is 3.62. The monoisotopic (exact) mass is 358 g/mol. The molecule has 0 aromatic carbocycles. The number of aromatic nitrogens is 2. The second-order valence-electron chi connectivity index (χ2n) is 7.83. The standard InChI is InChI=1S/C19H26N4OS/c1-13(2)23-12-19(6-4-16(23)24)7-9-22(10-8-19)18-17-15(5-11-25-17)20-14(3)21-18/h5,11,13H,4,6-10,12H2,1-3H3. The van der Waals surface area contributed by atoms with Crippen LogP contribution in [0.2, 0.25) is 0 Å². The molecule has 0 aliphatic carbocycles. The molecule has 4 heterocycles. The zero-order valence-corrected chi connectivity index (χ0v) is 16.1. The highest BCUT2D eigenvalue weighted by Gasteiger charge is 2.42. The van der Waals surface area contributed by atoms with E-state index in [0.29, 0.717) is 23.8 Å². The minimum absolute atomic E-state index is 0.297. The number of rotatable bonds is 2. The minimum Gasteiger partial charge on any atom is -0.355 e. The van der Waals surface area contributed by atoms with Crippen LogP contribution in [0.3, 0.4) is 0 Å². The van der Waals surface area contributed by atoms with E-state index in [9.17, 15) is 4.79 Å². The molecule has 2 aromatic heterocycles. The lowest BCUT2D eigenvalue weighted by Gasteiger charge is -2.48. The number of amides is 1. The van der Waals surface area contributed by atoms with Gasteiger partial charge in [0.2, 0.25) is 5.91 Å². The molecular weight excluding hydrogens is 332 g/mol. The molecule has 1 spiro atoms. The van der Waals surface area contributed by atoms with E-state index in [2.05, 4.69) is 40.1 Å². The molecule has 2 fully saturated rings. The van der Waals surface area contributed by atoms with Crippen molar-refractivity contribution in [1.82, 2.24) is 14.9 Å². The van der Waals surface area contributed by atoms with E-state index in [1.165, 1.54) is 4.70 Å². The van der Waals surface area contributed by atoms with E-state index in [0.717, 1.165) is 56.1 Å². The van der Waals surface area contributed by atoms with E-state index >= 15 is 0 Å². The molecule has 6 heteroatoms. The van der Waals surface area contributed by atoms with Gasteiger partial charge in [-0.25, -0.2) is 9.97 Å². The van der Waals surface area contributed by atoms with Crippen molar-refractivity contribution in [2.75, 3.05) is 24.5 Å². The van der Waals surface area contributed by atoms with Crippen LogP contribution in [-0.2, 0) is 4.79 Å². The molecule has 0 bridgehead atoms. The number of thiophene rings is 1. The highest BCUT2D eigenvalue weighted by atomic mass is 32.1. The first-order valence-electron chi connectivity index (χ1n) is 9.24. The van der Waals surface area contributed by atoms with Gasteiger partial charge in [-0.1, -0.05) is 0 Å². The van der Waals surface area contributed by atoms with Gasteiger partial charge in [0, 0.05) is 32.1 Å². The lowest BCUT2D eigenvalue weighted by atomic mass is 9.72. The maximum Gasteiger partial charge on any atom is 0.222 e. The van der Waals surface area contributed by atoms with Crippen LogP contribution in [0.1, 0.15) is 45.4 Å². The van der Waals surface area contributed by atoms with E-state index in [1.54, 1.807) is 11.3 Å². The van der Waals surface area contributed by atoms with Gasteiger partial charge in [0.05, 0.1) is 10.2 Å². The molecule has 1 amide bonds. The molecule has 0 atom stereocenters. The summed E-state index contributed by atoms with van der Waals surface area (Å²) in [4.78, 5) is 26.0. The maximum absolute atomic E-state index is 12.2. The molecular formula is C19H26N4OS. The van der Waals surface area contributed by atoms with Gasteiger partial charge in [-0.05, 0) is 56.9 Å². The third-order valence-electron chi connectivity index (χ3n) is 5.84. The molecule has 0 unspecified atom stereocenters. The molecule has 2 saturated heterocycles. The van der Waals surface area contributed by atoms with Crippen molar-refractivity contribution in [2.45, 2.75) is 52.5 Å². The van der Waals surface area contributed by atoms with Crippen LogP contribution in [0.25, 0.3) is 10.2 Å². The zero-order valence-electron chi connectivity index (χ0n) is 15.3. The molecule has 2 aliphatic heterocycles. The van der Waals surface area contributed by atoms with E-state index in [-0.39, 0.29) is 0 Å². The van der Waals surface area contributed by atoms with Gasteiger partial charge in [-0.15, -0.1) is 11.3 Å². The smallest absolute Gasteiger partial charge is 0.222 e. The molecule has 5 nitrogen and oxygen atoms in total. The van der Waals surface area contributed by atoms with Gasteiger partial charge in [-0.2, -0.15) is 0 Å². The third kappa shape index (κ3) is 3.01. The lowest BCUT2D eigenvalue weighted by Crippen LogP contribution is -2.53. The molecule has 4 rings (SSSR count). The van der Waals surface area contributed by atoms with Crippen LogP contribution in [-0.4, -0.2) is 46.5 Å². The van der Waals surface area contributed by atoms with Gasteiger partial charge >= 0.3 is 0 Å². The SMILES string of the molecule is Cc1nc(N2CCC3(CCC(=O)N(C(C)C)C3)CC2)c2sccc2n1. The third-order valence-corrected chi connectivity index (χ3v) is 6.74. The molecule has 25 heavy (non-hydrogen) atoms. The molecule has 0 radical (unpaired) electrons. The Labute approximate surface area is 153 Å². The van der Waals surface area contributed by atoms with Gasteiger partial charge in [-0.3, -0.25) is 4.79 Å². The van der Waals surface area contributed by atoms with Crippen molar-refractivity contribution < 1.29 is 4.79 Å². The van der Waals surface area contributed by atoms with Crippen LogP contribution >= 0.6 is 11.3 Å². The Morgan fingerprint density at radius 1 is 1.20 bits per heavy atom. The first-order chi connectivity index (χ1) is 12.0. The van der Waals surface area contributed by atoms with Gasteiger partial charge < -0.3 is 9.80 Å². The fourth-order valence-corrected chi connectivity index (χ4v) is 5.14. The summed E-state index contributed by atoms with van der Waals surface area (Å²) in [5, 5.41) is 2.10. The Bertz CT molecular complexity index is 792. The topological polar surface area (TPSA) is 49.3 Å². The fraction of sp³-hybridized carbons (Fsp3) is 0.632. The summed E-state index contributed by atoms with van der Waals surface area (Å²) in [6.07, 6.45) is 4.03. The second kappa shape index (κ2) is 6.24. The van der Waals surface area contributed by atoms with Crippen LogP contribution in [0.5, 0.6) is 0 Å². The Hall–Kier alpha value is -1.69. The number of piperidine rings is 2. The normalized spacial score (nSPS) is 20.9. The number of hydrogen-bond donors (Lipinski definition) is 0. The summed E-state index contributed by atoms with van der Waals surface area (Å²) in [6.45, 7) is 9.19. The molecule has 0 saturated carbocycles. The lowest BCUT2D eigenvalue weighted by molar-refractivity contribution is -0.140. The first-order valence-corrected chi connectivity index (χ1v) is 10.1. The number of anilines is 1. The average Bonchev–Trinajstić information content (AvgIpc) is 3.05. The van der Waals surface area contributed by atoms with Crippen LogP contribution in [0, 0.1) is 12.3 Å². The Morgan fingerprint density at radius 3 is 2.68 bits per heavy atom. The number of hydrogen-bond acceptors (Lipinski definition) is 5. The summed E-state index contributed by atoms with van der Waals surface area (Å²) in [5.74, 6) is 2.27. The van der Waals surface area contributed by atoms with Crippen LogP contribution < -0.4 is 4.90 Å². The number of fused-ring (bicyclic) bond motifs is 1. The average molecular weight is 359 g/mol. The van der Waals surface area contributed by atoms with E-state index < -0.39 is 0 Å². The molecule has 2 aromatic rings. The van der Waals surface area contributed by atoms with Gasteiger partial charge in [0.1, 0.15) is 11.6 Å². The van der Waals surface area contributed by atoms with Crippen LogP contribution in [0.15, 0.2) is 11.4 Å². The van der Waals surface area contributed by atoms with E-state index in [1.807, 2.05) is 6.92 Å². The zero-order chi connectivity index (χ0) is 17.6. The largest absolute Gasteiger partial charge is 0.355 e. The second-order valence-corrected chi connectivity index (χ2v) is 8.75. The Kier molecular flexibility index (Phi) is 4.18. The molecule has 0 N–H and O–H groups in total. The Balaban J connectivity index is 1.53. The van der Waals surface area contributed by atoms with Crippen LogP contribution in [0.4, 0.5) is 5.82 Å². The van der Waals surface area contributed by atoms with Crippen molar-refractivity contribution in [3.8, 4) is 0 Å². The summed E-state index contributed by atoms with van der Waals surface area (Å²) in [7, 11) is 0. The van der Waals surface area contributed by atoms with Gasteiger partial charge in [0.15, 0.2) is 0 Å². The predicted molar refractivity (Wildman–Crippen MR) is 102 cm³/mol. The number of carbonyl (C=O) groups is 1. The number of likely N-dealkylation sites (tertiary alicyclic amines) is 1. The van der Waals surface area contributed by atoms with Crippen molar-refractivity contribution in [2.24, 2.45) is 5.41 Å². The number of aryl methyl sites for hydroxylation is 1. The minimum atomic E-state index is 0.297. The van der Waals surface area contributed by atoms with E-state index in [4.69, 9.17) is 4.98 Å². The summed E-state index contributed by atoms with van der Waals surface area (Å²) in [6, 6.07) is 2.38. The highest BCUT2D eigenvalue weighted by molar-refractivity contribution is 7.17. The van der Waals surface area contributed by atoms with Gasteiger partial charge in [0.25, 0.3) is 0 Å². The fourth-order valence-electron chi connectivity index (χ4n) is 4.29. The van der Waals surface area contributed by atoms with Crippen molar-refractivity contribution in [3.63, 3.8) is 0 Å². The maximum atomic E-state index is 12.2. The highest BCUT2D eigenvalue weighted by Crippen LogP contribution is 2.42. The summed E-state index contributed by atoms with van der Waals surface area (Å²) in [5.41, 5.74) is 1.35.